The van der Waals surface area contributed by atoms with Gasteiger partial charge in [-0.25, -0.2) is 10.2 Å². The van der Waals surface area contributed by atoms with Gasteiger partial charge in [0.2, 0.25) is 0 Å². The zero-order valence-electron chi connectivity index (χ0n) is 12.5. The Balaban J connectivity index is 2.05. The Bertz CT molecular complexity index is 423. The first-order chi connectivity index (χ1) is 10.2. The number of carbonyl (C=O) groups excluding carboxylic acids is 2. The van der Waals surface area contributed by atoms with Crippen molar-refractivity contribution < 1.29 is 9.59 Å². The fourth-order valence-electron chi connectivity index (χ4n) is 1.84. The minimum atomic E-state index is -0.397. The molecule has 0 aliphatic carbocycles. The Hall–Kier alpha value is -2.11. The average Bonchev–Trinajstić information content (AvgIpc) is 2.52. The summed E-state index contributed by atoms with van der Waals surface area (Å²) in [7, 11) is 0. The molecular weight excluding hydrogens is 268 g/mol. The number of hydrogen-bond acceptors (Lipinski definition) is 3. The zero-order chi connectivity index (χ0) is 15.3. The molecule has 3 N–H and O–H groups in total. The van der Waals surface area contributed by atoms with Gasteiger partial charge in [0.1, 0.15) is 0 Å². The van der Waals surface area contributed by atoms with Crippen molar-refractivity contribution in [2.24, 2.45) is 0 Å². The summed E-state index contributed by atoms with van der Waals surface area (Å²) in [5.74, 6) is -0.368. The number of unbranched alkanes of at least 4 members (excludes halogenated alkanes) is 5. The number of hydrogen-bond donors (Lipinski definition) is 3. The maximum Gasteiger partial charge on any atom is 0.333 e. The second kappa shape index (κ2) is 10.7. The summed E-state index contributed by atoms with van der Waals surface area (Å²) < 4.78 is 0. The molecule has 0 unspecified atom stereocenters. The van der Waals surface area contributed by atoms with Crippen LogP contribution in [0, 0.1) is 0 Å². The molecule has 0 saturated carbocycles. The van der Waals surface area contributed by atoms with Crippen molar-refractivity contribution in [1.29, 1.82) is 0 Å². The molecule has 6 nitrogen and oxygen atoms in total. The molecule has 0 spiro atoms. The third kappa shape index (κ3) is 7.91. The highest BCUT2D eigenvalue weighted by Crippen LogP contribution is 2.03. The molecule has 0 bridgehead atoms. The number of hydrazine groups is 1. The molecular formula is C15H24N4O2. The Morgan fingerprint density at radius 3 is 2.38 bits per heavy atom. The number of urea groups is 1. The highest BCUT2D eigenvalue weighted by atomic mass is 16.2. The van der Waals surface area contributed by atoms with Gasteiger partial charge in [-0.3, -0.25) is 15.2 Å². The molecule has 0 aliphatic rings. The van der Waals surface area contributed by atoms with Crippen LogP contribution >= 0.6 is 0 Å². The van der Waals surface area contributed by atoms with Crippen molar-refractivity contribution in [3.8, 4) is 0 Å². The van der Waals surface area contributed by atoms with E-state index in [4.69, 9.17) is 0 Å². The van der Waals surface area contributed by atoms with Gasteiger partial charge < -0.3 is 5.32 Å². The Morgan fingerprint density at radius 2 is 1.67 bits per heavy atom. The van der Waals surface area contributed by atoms with E-state index < -0.39 is 6.03 Å². The van der Waals surface area contributed by atoms with Gasteiger partial charge >= 0.3 is 6.03 Å². The lowest BCUT2D eigenvalue weighted by molar-refractivity contribution is 0.0936. The molecule has 21 heavy (non-hydrogen) atoms. The van der Waals surface area contributed by atoms with Gasteiger partial charge in [-0.05, 0) is 18.6 Å². The normalized spacial score (nSPS) is 9.95. The fraction of sp³-hybridized carbons (Fsp3) is 0.533. The number of carbonyl (C=O) groups is 2. The van der Waals surface area contributed by atoms with E-state index in [2.05, 4.69) is 28.1 Å². The average molecular weight is 292 g/mol. The summed E-state index contributed by atoms with van der Waals surface area (Å²) >= 11 is 0. The van der Waals surface area contributed by atoms with Crippen LogP contribution in [0.15, 0.2) is 24.5 Å². The van der Waals surface area contributed by atoms with Gasteiger partial charge in [0.05, 0.1) is 0 Å². The van der Waals surface area contributed by atoms with E-state index in [1.165, 1.54) is 38.1 Å². The Morgan fingerprint density at radius 1 is 1.00 bits per heavy atom. The lowest BCUT2D eigenvalue weighted by Gasteiger charge is -2.08. The molecule has 1 aromatic heterocycles. The van der Waals surface area contributed by atoms with Crippen molar-refractivity contribution in [3.05, 3.63) is 30.1 Å². The number of rotatable bonds is 8. The topological polar surface area (TPSA) is 83.1 Å². The molecule has 1 rings (SSSR count). The van der Waals surface area contributed by atoms with Gasteiger partial charge in [0.15, 0.2) is 0 Å². The first kappa shape index (κ1) is 16.9. The highest BCUT2D eigenvalue weighted by Gasteiger charge is 2.05. The summed E-state index contributed by atoms with van der Waals surface area (Å²) in [6, 6.07) is 2.75. The van der Waals surface area contributed by atoms with Gasteiger partial charge in [-0.1, -0.05) is 39.0 Å². The van der Waals surface area contributed by atoms with Gasteiger partial charge in [0, 0.05) is 24.5 Å². The van der Waals surface area contributed by atoms with E-state index in [0.29, 0.717) is 12.1 Å². The van der Waals surface area contributed by atoms with E-state index in [1.807, 2.05) is 0 Å². The summed E-state index contributed by atoms with van der Waals surface area (Å²) in [6.07, 6.45) is 10.1. The van der Waals surface area contributed by atoms with Crippen LogP contribution in [0.25, 0.3) is 0 Å². The summed E-state index contributed by atoms with van der Waals surface area (Å²) in [6.45, 7) is 2.80. The quantitative estimate of drug-likeness (QED) is 0.508. The van der Waals surface area contributed by atoms with Crippen molar-refractivity contribution in [3.63, 3.8) is 0 Å². The molecule has 116 valence electrons. The molecule has 0 aromatic carbocycles. The van der Waals surface area contributed by atoms with E-state index in [1.54, 1.807) is 12.1 Å². The van der Waals surface area contributed by atoms with E-state index in [9.17, 15) is 9.59 Å². The first-order valence-corrected chi connectivity index (χ1v) is 7.48. The standard InChI is InChI=1S/C15H24N4O2/c1-2-3-4-5-6-7-10-17-15(21)19-18-14(20)13-8-11-16-12-9-13/h8-9,11-12H,2-7,10H2,1H3,(H,18,20)(H2,17,19,21). The van der Waals surface area contributed by atoms with Gasteiger partial charge in [-0.2, -0.15) is 0 Å². The molecule has 0 atom stereocenters. The third-order valence-corrected chi connectivity index (χ3v) is 3.05. The van der Waals surface area contributed by atoms with Crippen LogP contribution in [-0.2, 0) is 0 Å². The van der Waals surface area contributed by atoms with Gasteiger partial charge in [0.25, 0.3) is 5.91 Å². The monoisotopic (exact) mass is 292 g/mol. The summed E-state index contributed by atoms with van der Waals surface area (Å²) in [5, 5.41) is 2.70. The van der Waals surface area contributed by atoms with Crippen molar-refractivity contribution in [2.45, 2.75) is 45.4 Å². The van der Waals surface area contributed by atoms with Crippen LogP contribution < -0.4 is 16.2 Å². The van der Waals surface area contributed by atoms with Crippen LogP contribution in [0.1, 0.15) is 55.8 Å². The molecule has 0 fully saturated rings. The van der Waals surface area contributed by atoms with Crippen molar-refractivity contribution in [2.75, 3.05) is 6.54 Å². The molecule has 6 heteroatoms. The Kier molecular flexibility index (Phi) is 8.59. The van der Waals surface area contributed by atoms with Crippen LogP contribution in [0.5, 0.6) is 0 Å². The fourth-order valence-corrected chi connectivity index (χ4v) is 1.84. The zero-order valence-corrected chi connectivity index (χ0v) is 12.5. The lowest BCUT2D eigenvalue weighted by Crippen LogP contribution is -2.47. The predicted molar refractivity (Wildman–Crippen MR) is 81.6 cm³/mol. The number of aromatic nitrogens is 1. The SMILES string of the molecule is CCCCCCCCNC(=O)NNC(=O)c1ccncc1. The predicted octanol–water partition coefficient (Wildman–Crippen LogP) is 2.39. The first-order valence-electron chi connectivity index (χ1n) is 7.48. The second-order valence-corrected chi connectivity index (χ2v) is 4.84. The second-order valence-electron chi connectivity index (χ2n) is 4.84. The van der Waals surface area contributed by atoms with E-state index in [0.717, 1.165) is 12.8 Å². The largest absolute Gasteiger partial charge is 0.337 e. The van der Waals surface area contributed by atoms with Gasteiger partial charge in [-0.15, -0.1) is 0 Å². The summed E-state index contributed by atoms with van der Waals surface area (Å²) in [5.41, 5.74) is 5.11. The maximum atomic E-state index is 11.6. The van der Waals surface area contributed by atoms with E-state index >= 15 is 0 Å². The molecule has 3 amide bonds. The number of nitrogens with one attached hydrogen (secondary N) is 3. The van der Waals surface area contributed by atoms with Crippen LogP contribution in [0.4, 0.5) is 4.79 Å². The Labute approximate surface area is 125 Å². The minimum Gasteiger partial charge on any atom is -0.337 e. The lowest BCUT2D eigenvalue weighted by atomic mass is 10.1. The molecule has 1 heterocycles. The smallest absolute Gasteiger partial charge is 0.333 e. The molecule has 0 radical (unpaired) electrons. The van der Waals surface area contributed by atoms with Crippen LogP contribution in [0.2, 0.25) is 0 Å². The highest BCUT2D eigenvalue weighted by molar-refractivity contribution is 5.95. The number of pyridine rings is 1. The number of amides is 3. The van der Waals surface area contributed by atoms with E-state index in [-0.39, 0.29) is 5.91 Å². The minimum absolute atomic E-state index is 0.368. The molecule has 1 aromatic rings. The number of nitrogens with zero attached hydrogens (tertiary/aromatic N) is 1. The van der Waals surface area contributed by atoms with Crippen molar-refractivity contribution in [1.82, 2.24) is 21.2 Å². The summed E-state index contributed by atoms with van der Waals surface area (Å²) in [4.78, 5) is 26.9. The molecule has 0 saturated heterocycles. The van der Waals surface area contributed by atoms with Crippen LogP contribution in [-0.4, -0.2) is 23.5 Å². The van der Waals surface area contributed by atoms with Crippen molar-refractivity contribution >= 4 is 11.9 Å². The van der Waals surface area contributed by atoms with Crippen LogP contribution in [0.3, 0.4) is 0 Å². The third-order valence-electron chi connectivity index (χ3n) is 3.05. The maximum absolute atomic E-state index is 11.6. The molecule has 0 aliphatic heterocycles.